The van der Waals surface area contributed by atoms with Gasteiger partial charge in [-0.2, -0.15) is 0 Å². The van der Waals surface area contributed by atoms with E-state index in [1.165, 1.54) is 6.92 Å². The largest absolute Gasteiger partial charge is 0.480 e. The summed E-state index contributed by atoms with van der Waals surface area (Å²) in [6, 6.07) is 8.86. The number of rotatable bonds is 6. The van der Waals surface area contributed by atoms with Gasteiger partial charge in [-0.05, 0) is 24.3 Å². The number of aliphatic carboxylic acids is 1. The molecule has 0 aliphatic rings. The van der Waals surface area contributed by atoms with Crippen molar-refractivity contribution < 1.29 is 14.7 Å². The molecule has 0 bridgehead atoms. The van der Waals surface area contributed by atoms with Crippen LogP contribution in [0.2, 0.25) is 0 Å². The van der Waals surface area contributed by atoms with Crippen molar-refractivity contribution in [3.05, 3.63) is 35.9 Å². The highest BCUT2D eigenvalue weighted by Crippen LogP contribution is 2.05. The third-order valence-corrected chi connectivity index (χ3v) is 3.28. The summed E-state index contributed by atoms with van der Waals surface area (Å²) in [7, 11) is 0. The van der Waals surface area contributed by atoms with E-state index >= 15 is 0 Å². The standard InChI is InChI=1S/C15H17NO3S/c1-12(17)16-14(15(18)19)9-11-20-10-5-8-13-6-3-2-4-7-13/h2-4,6-7,14H,9-11H2,1H3,(H,16,17)(H,18,19). The van der Waals surface area contributed by atoms with Crippen molar-refractivity contribution in [2.45, 2.75) is 19.4 Å². The maximum Gasteiger partial charge on any atom is 0.326 e. The number of hydrogen-bond acceptors (Lipinski definition) is 3. The fourth-order valence-electron chi connectivity index (χ4n) is 1.49. The van der Waals surface area contributed by atoms with Crippen LogP contribution in [0.4, 0.5) is 0 Å². The SMILES string of the molecule is CC(=O)NC(CCSCC#Cc1ccccc1)C(=O)O. The zero-order chi connectivity index (χ0) is 14.8. The predicted molar refractivity (Wildman–Crippen MR) is 80.5 cm³/mol. The Morgan fingerprint density at radius 2 is 2.05 bits per heavy atom. The number of carbonyl (C=O) groups is 2. The fraction of sp³-hybridized carbons (Fsp3) is 0.333. The van der Waals surface area contributed by atoms with E-state index in [1.807, 2.05) is 30.3 Å². The second-order valence-electron chi connectivity index (χ2n) is 4.10. The van der Waals surface area contributed by atoms with Crippen LogP contribution < -0.4 is 5.32 Å². The molecule has 106 valence electrons. The van der Waals surface area contributed by atoms with E-state index in [1.54, 1.807) is 11.8 Å². The highest BCUT2D eigenvalue weighted by atomic mass is 32.2. The first kappa shape index (κ1) is 16.1. The van der Waals surface area contributed by atoms with Crippen LogP contribution in [0.1, 0.15) is 18.9 Å². The molecule has 0 heterocycles. The average molecular weight is 291 g/mol. The maximum atomic E-state index is 10.9. The van der Waals surface area contributed by atoms with E-state index in [0.29, 0.717) is 17.9 Å². The van der Waals surface area contributed by atoms with Crippen molar-refractivity contribution >= 4 is 23.6 Å². The third-order valence-electron chi connectivity index (χ3n) is 2.41. The van der Waals surface area contributed by atoms with Gasteiger partial charge in [0.1, 0.15) is 6.04 Å². The molecule has 1 amide bonds. The Hall–Kier alpha value is -1.93. The lowest BCUT2D eigenvalue weighted by Crippen LogP contribution is -2.39. The van der Waals surface area contributed by atoms with E-state index in [9.17, 15) is 9.59 Å². The van der Waals surface area contributed by atoms with E-state index in [0.717, 1.165) is 5.56 Å². The topological polar surface area (TPSA) is 66.4 Å². The van der Waals surface area contributed by atoms with E-state index in [4.69, 9.17) is 5.11 Å². The maximum absolute atomic E-state index is 10.9. The summed E-state index contributed by atoms with van der Waals surface area (Å²) in [5, 5.41) is 11.3. The van der Waals surface area contributed by atoms with Crippen molar-refractivity contribution in [1.82, 2.24) is 5.32 Å². The van der Waals surface area contributed by atoms with Crippen LogP contribution in [0.3, 0.4) is 0 Å². The molecule has 2 N–H and O–H groups in total. The van der Waals surface area contributed by atoms with Crippen molar-refractivity contribution in [2.75, 3.05) is 11.5 Å². The lowest BCUT2D eigenvalue weighted by molar-refractivity contribution is -0.141. The van der Waals surface area contributed by atoms with Gasteiger partial charge in [0, 0.05) is 12.5 Å². The molecule has 0 aliphatic heterocycles. The van der Waals surface area contributed by atoms with Crippen LogP contribution in [0.15, 0.2) is 30.3 Å². The number of benzene rings is 1. The summed E-state index contributed by atoms with van der Waals surface area (Å²) >= 11 is 1.56. The van der Waals surface area contributed by atoms with Gasteiger partial charge in [0.05, 0.1) is 5.75 Å². The molecule has 1 rings (SSSR count). The minimum Gasteiger partial charge on any atom is -0.480 e. The first-order chi connectivity index (χ1) is 9.59. The number of amides is 1. The van der Waals surface area contributed by atoms with Crippen molar-refractivity contribution in [2.24, 2.45) is 0 Å². The Morgan fingerprint density at radius 1 is 1.35 bits per heavy atom. The minimum atomic E-state index is -1.00. The number of hydrogen-bond donors (Lipinski definition) is 2. The highest BCUT2D eigenvalue weighted by molar-refractivity contribution is 7.99. The molecule has 0 spiro atoms. The summed E-state index contributed by atoms with van der Waals surface area (Å²) < 4.78 is 0. The molecule has 4 nitrogen and oxygen atoms in total. The van der Waals surface area contributed by atoms with Crippen LogP contribution in [0.25, 0.3) is 0 Å². The molecule has 1 atom stereocenters. The molecule has 1 aromatic rings. The van der Waals surface area contributed by atoms with Gasteiger partial charge in [0.15, 0.2) is 0 Å². The van der Waals surface area contributed by atoms with Crippen LogP contribution in [-0.2, 0) is 9.59 Å². The van der Waals surface area contributed by atoms with Crippen LogP contribution in [0.5, 0.6) is 0 Å². The Morgan fingerprint density at radius 3 is 2.65 bits per heavy atom. The second-order valence-corrected chi connectivity index (χ2v) is 5.21. The number of thioether (sulfide) groups is 1. The zero-order valence-corrected chi connectivity index (χ0v) is 12.1. The molecule has 0 aromatic heterocycles. The fourth-order valence-corrected chi connectivity index (χ4v) is 2.21. The molecule has 20 heavy (non-hydrogen) atoms. The van der Waals surface area contributed by atoms with Gasteiger partial charge >= 0.3 is 5.97 Å². The second kappa shape index (κ2) is 9.05. The first-order valence-electron chi connectivity index (χ1n) is 6.21. The molecule has 0 radical (unpaired) electrons. The van der Waals surface area contributed by atoms with Gasteiger partial charge in [0.2, 0.25) is 5.91 Å². The Bertz CT molecular complexity index is 505. The Kier molecular flexibility index (Phi) is 7.30. The Labute approximate surface area is 123 Å². The summed E-state index contributed by atoms with van der Waals surface area (Å²) in [6.45, 7) is 1.31. The lowest BCUT2D eigenvalue weighted by Gasteiger charge is -2.11. The number of carbonyl (C=O) groups excluding carboxylic acids is 1. The van der Waals surface area contributed by atoms with Crippen molar-refractivity contribution in [3.8, 4) is 11.8 Å². The molecule has 0 saturated carbocycles. The summed E-state index contributed by atoms with van der Waals surface area (Å²) in [4.78, 5) is 21.7. The number of carboxylic acids is 1. The molecule has 0 aliphatic carbocycles. The smallest absolute Gasteiger partial charge is 0.326 e. The van der Waals surface area contributed by atoms with E-state index in [-0.39, 0.29) is 5.91 Å². The highest BCUT2D eigenvalue weighted by Gasteiger charge is 2.17. The van der Waals surface area contributed by atoms with Crippen molar-refractivity contribution in [3.63, 3.8) is 0 Å². The number of carboxylic acid groups (broad SMARTS) is 1. The molecular weight excluding hydrogens is 274 g/mol. The zero-order valence-electron chi connectivity index (χ0n) is 11.3. The molecule has 1 aromatic carbocycles. The quantitative estimate of drug-likeness (QED) is 0.619. The van der Waals surface area contributed by atoms with Gasteiger partial charge in [0.25, 0.3) is 0 Å². The third kappa shape index (κ3) is 6.86. The van der Waals surface area contributed by atoms with Gasteiger partial charge in [-0.3, -0.25) is 4.79 Å². The molecule has 0 fully saturated rings. The average Bonchev–Trinajstić information content (AvgIpc) is 2.41. The molecule has 5 heteroatoms. The monoisotopic (exact) mass is 291 g/mol. The first-order valence-corrected chi connectivity index (χ1v) is 7.36. The van der Waals surface area contributed by atoms with Crippen LogP contribution >= 0.6 is 11.8 Å². The van der Waals surface area contributed by atoms with Gasteiger partial charge in [-0.1, -0.05) is 30.0 Å². The predicted octanol–water partition coefficient (Wildman–Crippen LogP) is 1.75. The van der Waals surface area contributed by atoms with E-state index < -0.39 is 12.0 Å². The van der Waals surface area contributed by atoms with E-state index in [2.05, 4.69) is 17.2 Å². The number of nitrogens with one attached hydrogen (secondary N) is 1. The normalized spacial score (nSPS) is 11.1. The molecule has 0 saturated heterocycles. The molecule has 1 unspecified atom stereocenters. The van der Waals surface area contributed by atoms with Crippen LogP contribution in [-0.4, -0.2) is 34.5 Å². The molecular formula is C15H17NO3S. The van der Waals surface area contributed by atoms with Crippen molar-refractivity contribution in [1.29, 1.82) is 0 Å². The summed E-state index contributed by atoms with van der Waals surface area (Å²) in [5.74, 6) is 6.00. The van der Waals surface area contributed by atoms with Gasteiger partial charge in [-0.15, -0.1) is 11.8 Å². The summed E-state index contributed by atoms with van der Waals surface area (Å²) in [6.07, 6.45) is 0.395. The minimum absolute atomic E-state index is 0.328. The summed E-state index contributed by atoms with van der Waals surface area (Å²) in [5.41, 5.74) is 0.967. The van der Waals surface area contributed by atoms with Crippen LogP contribution in [0, 0.1) is 11.8 Å². The van der Waals surface area contributed by atoms with Gasteiger partial charge in [-0.25, -0.2) is 4.79 Å². The lowest BCUT2D eigenvalue weighted by atomic mass is 10.2. The Balaban J connectivity index is 2.26. The van der Waals surface area contributed by atoms with Gasteiger partial charge < -0.3 is 10.4 Å².